The van der Waals surface area contributed by atoms with Crippen LogP contribution in [0.25, 0.3) is 0 Å². The Morgan fingerprint density at radius 1 is 1.32 bits per heavy atom. The molecule has 3 heterocycles. The maximum atomic E-state index is 12.8. The zero-order valence-electron chi connectivity index (χ0n) is 15.3. The number of carbonyl (C=O) groups excluding carboxylic acids is 1. The number of hydrogen-bond donors (Lipinski definition) is 1. The van der Waals surface area contributed by atoms with E-state index < -0.39 is 29.8 Å². The highest BCUT2D eigenvalue weighted by atomic mass is 32.1. The van der Waals surface area contributed by atoms with Crippen molar-refractivity contribution in [1.82, 2.24) is 14.5 Å². The summed E-state index contributed by atoms with van der Waals surface area (Å²) in [5.74, 6) is 0.134. The third kappa shape index (κ3) is 5.41. The zero-order valence-corrected chi connectivity index (χ0v) is 16.1. The van der Waals surface area contributed by atoms with Crippen LogP contribution < -0.4 is 10.9 Å². The maximum Gasteiger partial charge on any atom is 0.417 e. The van der Waals surface area contributed by atoms with Crippen molar-refractivity contribution in [2.24, 2.45) is 5.92 Å². The van der Waals surface area contributed by atoms with Crippen LogP contribution in [0.15, 0.2) is 28.5 Å². The largest absolute Gasteiger partial charge is 0.417 e. The molecule has 2 aromatic rings. The molecule has 1 aliphatic rings. The molecule has 1 saturated heterocycles. The second-order valence-electron chi connectivity index (χ2n) is 7.03. The van der Waals surface area contributed by atoms with Crippen molar-refractivity contribution < 1.29 is 18.0 Å². The number of likely N-dealkylation sites (tertiary alicyclic amines) is 1. The summed E-state index contributed by atoms with van der Waals surface area (Å²) in [5, 5.41) is 4.77. The minimum atomic E-state index is -4.58. The van der Waals surface area contributed by atoms with E-state index in [0.717, 1.165) is 48.2 Å². The molecule has 10 heteroatoms. The second-order valence-corrected chi connectivity index (χ2v) is 7.89. The van der Waals surface area contributed by atoms with Crippen molar-refractivity contribution in [3.63, 3.8) is 0 Å². The van der Waals surface area contributed by atoms with Gasteiger partial charge in [-0.05, 0) is 37.9 Å². The van der Waals surface area contributed by atoms with Crippen LogP contribution in [-0.4, -0.2) is 33.4 Å². The van der Waals surface area contributed by atoms with Gasteiger partial charge in [0.25, 0.3) is 5.56 Å². The summed E-state index contributed by atoms with van der Waals surface area (Å²) < 4.78 is 39.1. The predicted octanol–water partition coefficient (Wildman–Crippen LogP) is 3.19. The number of rotatable bonds is 5. The number of halogens is 3. The number of amides is 1. The molecule has 0 unspecified atom stereocenters. The summed E-state index contributed by atoms with van der Waals surface area (Å²) in [4.78, 5) is 30.5. The number of nitrogens with one attached hydrogen (secondary N) is 1. The summed E-state index contributed by atoms with van der Waals surface area (Å²) in [7, 11) is 0. The van der Waals surface area contributed by atoms with E-state index in [0.29, 0.717) is 23.9 Å². The van der Waals surface area contributed by atoms with Gasteiger partial charge < -0.3 is 9.88 Å². The first-order valence-corrected chi connectivity index (χ1v) is 9.83. The number of thiazole rings is 1. The lowest BCUT2D eigenvalue weighted by Gasteiger charge is -2.29. The topological polar surface area (TPSA) is 67.2 Å². The van der Waals surface area contributed by atoms with Gasteiger partial charge in [-0.15, -0.1) is 11.3 Å². The molecule has 28 heavy (non-hydrogen) atoms. The molecule has 1 fully saturated rings. The molecular formula is C18H21F3N4O2S. The zero-order chi connectivity index (χ0) is 20.3. The van der Waals surface area contributed by atoms with E-state index >= 15 is 0 Å². The molecule has 1 aliphatic heterocycles. The van der Waals surface area contributed by atoms with E-state index in [-0.39, 0.29) is 0 Å². The Kier molecular flexibility index (Phi) is 6.19. The van der Waals surface area contributed by atoms with Gasteiger partial charge in [0, 0.05) is 24.2 Å². The molecule has 0 bridgehead atoms. The minimum Gasteiger partial charge on any atom is -0.305 e. The Labute approximate surface area is 164 Å². The molecule has 0 aromatic carbocycles. The van der Waals surface area contributed by atoms with Gasteiger partial charge in [-0.1, -0.05) is 6.92 Å². The number of aromatic nitrogens is 2. The van der Waals surface area contributed by atoms with Gasteiger partial charge in [0.05, 0.1) is 11.3 Å². The first-order valence-electron chi connectivity index (χ1n) is 8.95. The summed E-state index contributed by atoms with van der Waals surface area (Å²) in [6.07, 6.45) is -1.63. The fourth-order valence-corrected chi connectivity index (χ4v) is 3.74. The van der Waals surface area contributed by atoms with Crippen LogP contribution in [0.5, 0.6) is 0 Å². The van der Waals surface area contributed by atoms with Crippen LogP contribution in [0.3, 0.4) is 0 Å². The van der Waals surface area contributed by atoms with Crippen LogP contribution >= 0.6 is 11.3 Å². The van der Waals surface area contributed by atoms with Crippen molar-refractivity contribution in [2.45, 2.75) is 39.0 Å². The fourth-order valence-electron chi connectivity index (χ4n) is 3.02. The lowest BCUT2D eigenvalue weighted by Crippen LogP contribution is -2.32. The number of anilines is 1. The van der Waals surface area contributed by atoms with Gasteiger partial charge in [-0.2, -0.15) is 13.2 Å². The Morgan fingerprint density at radius 2 is 2.04 bits per heavy atom. The fraction of sp³-hybridized carbons (Fsp3) is 0.500. The molecule has 2 aromatic heterocycles. The lowest BCUT2D eigenvalue weighted by atomic mass is 9.99. The SMILES string of the molecule is CC1CCN(Cc2csc(NC(=O)Cn3cc(C(F)(F)F)ccc3=O)n2)CC1. The van der Waals surface area contributed by atoms with Crippen LogP contribution in [0, 0.1) is 5.92 Å². The number of piperidine rings is 1. The maximum absolute atomic E-state index is 12.8. The monoisotopic (exact) mass is 414 g/mol. The molecule has 0 aliphatic carbocycles. The number of hydrogen-bond acceptors (Lipinski definition) is 5. The predicted molar refractivity (Wildman–Crippen MR) is 100 cm³/mol. The van der Waals surface area contributed by atoms with E-state index in [4.69, 9.17) is 0 Å². The molecule has 3 rings (SSSR count). The summed E-state index contributed by atoms with van der Waals surface area (Å²) in [5.41, 5.74) is -0.819. The highest BCUT2D eigenvalue weighted by Gasteiger charge is 2.31. The Bertz CT molecular complexity index is 885. The summed E-state index contributed by atoms with van der Waals surface area (Å²) >= 11 is 1.25. The molecule has 0 radical (unpaired) electrons. The van der Waals surface area contributed by atoms with Crippen LogP contribution in [-0.2, 0) is 24.1 Å². The van der Waals surface area contributed by atoms with Crippen LogP contribution in [0.1, 0.15) is 31.0 Å². The minimum absolute atomic E-state index is 0.366. The molecule has 6 nitrogen and oxygen atoms in total. The number of nitrogens with zero attached hydrogens (tertiary/aromatic N) is 3. The smallest absolute Gasteiger partial charge is 0.305 e. The molecule has 1 amide bonds. The van der Waals surface area contributed by atoms with E-state index in [2.05, 4.69) is 22.1 Å². The summed E-state index contributed by atoms with van der Waals surface area (Å²) in [6.45, 7) is 4.45. The standard InChI is InChI=1S/C18H21F3N4O2S/c1-12-4-6-24(7-5-12)9-14-11-28-17(22-14)23-15(26)10-25-8-13(18(19,20)21)2-3-16(25)27/h2-3,8,11-12H,4-7,9-10H2,1H3,(H,22,23,26). The van der Waals surface area contributed by atoms with Gasteiger partial charge in [0.15, 0.2) is 5.13 Å². The third-order valence-corrected chi connectivity index (χ3v) is 5.49. The summed E-state index contributed by atoms with van der Waals surface area (Å²) in [6, 6.07) is 1.50. The Balaban J connectivity index is 1.58. The van der Waals surface area contributed by atoms with Crippen LogP contribution in [0.4, 0.5) is 18.3 Å². The van der Waals surface area contributed by atoms with E-state index in [9.17, 15) is 22.8 Å². The number of carbonyl (C=O) groups is 1. The highest BCUT2D eigenvalue weighted by molar-refractivity contribution is 7.13. The van der Waals surface area contributed by atoms with Crippen LogP contribution in [0.2, 0.25) is 0 Å². The van der Waals surface area contributed by atoms with Gasteiger partial charge in [-0.3, -0.25) is 14.5 Å². The highest BCUT2D eigenvalue weighted by Crippen LogP contribution is 2.28. The van der Waals surface area contributed by atoms with Crippen molar-refractivity contribution in [3.8, 4) is 0 Å². The molecule has 1 N–H and O–H groups in total. The van der Waals surface area contributed by atoms with E-state index in [1.165, 1.54) is 11.3 Å². The first kappa shape index (κ1) is 20.5. The van der Waals surface area contributed by atoms with Crippen molar-refractivity contribution in [1.29, 1.82) is 0 Å². The average molecular weight is 414 g/mol. The third-order valence-electron chi connectivity index (χ3n) is 4.68. The van der Waals surface area contributed by atoms with Crippen molar-refractivity contribution in [3.05, 3.63) is 45.3 Å². The Hall–Kier alpha value is -2.20. The first-order chi connectivity index (χ1) is 13.2. The van der Waals surface area contributed by atoms with Gasteiger partial charge >= 0.3 is 6.18 Å². The van der Waals surface area contributed by atoms with Crippen molar-refractivity contribution in [2.75, 3.05) is 18.4 Å². The molecule has 0 spiro atoms. The molecule has 0 saturated carbocycles. The lowest BCUT2D eigenvalue weighted by molar-refractivity contribution is -0.138. The van der Waals surface area contributed by atoms with E-state index in [1.54, 1.807) is 0 Å². The quantitative estimate of drug-likeness (QED) is 0.816. The molecule has 152 valence electrons. The van der Waals surface area contributed by atoms with Gasteiger partial charge in [-0.25, -0.2) is 4.98 Å². The number of alkyl halides is 3. The molecule has 0 atom stereocenters. The molecular weight excluding hydrogens is 393 g/mol. The van der Waals surface area contributed by atoms with Gasteiger partial charge in [0.1, 0.15) is 6.54 Å². The van der Waals surface area contributed by atoms with Crippen molar-refractivity contribution >= 4 is 22.4 Å². The second kappa shape index (κ2) is 8.44. The number of pyridine rings is 1. The van der Waals surface area contributed by atoms with E-state index in [1.807, 2.05) is 5.38 Å². The average Bonchev–Trinajstić information content (AvgIpc) is 3.04. The Morgan fingerprint density at radius 3 is 2.71 bits per heavy atom. The normalized spacial score (nSPS) is 16.3. The van der Waals surface area contributed by atoms with Gasteiger partial charge in [0.2, 0.25) is 5.91 Å².